The molecule has 110 valence electrons. The van der Waals surface area contributed by atoms with Gasteiger partial charge in [0.2, 0.25) is 0 Å². The molecule has 1 aromatic heterocycles. The molecule has 0 atom stereocenters. The van der Waals surface area contributed by atoms with Crippen molar-refractivity contribution in [2.24, 2.45) is 0 Å². The topological polar surface area (TPSA) is 72.3 Å². The third-order valence-corrected chi connectivity index (χ3v) is 3.59. The predicted octanol–water partition coefficient (Wildman–Crippen LogP) is 3.11. The summed E-state index contributed by atoms with van der Waals surface area (Å²) in [4.78, 5) is 10.4. The van der Waals surface area contributed by atoms with Crippen molar-refractivity contribution < 1.29 is 14.6 Å². The second-order valence-electron chi connectivity index (χ2n) is 4.21. The molecule has 0 radical (unpaired) electrons. The number of hydrogen-bond acceptors (Lipinski definition) is 5. The van der Waals surface area contributed by atoms with Crippen LogP contribution in [0.3, 0.4) is 0 Å². The first-order chi connectivity index (χ1) is 10.2. The molecule has 0 fully saturated rings. The molecule has 1 heterocycles. The highest BCUT2D eigenvalue weighted by atomic mass is 32.2. The molecular weight excluding hydrogens is 288 g/mol. The minimum atomic E-state index is -0.804. The van der Waals surface area contributed by atoms with Crippen LogP contribution in [0.4, 0.5) is 0 Å². The standard InChI is InChI=1S/C15H16N2O3S/c1-2-20-12-5-3-11(4-6-12)13-7-8-14(17-16-13)21-10-9-15(18)19/h3-8H,2,9-10H2,1H3,(H,18,19). The van der Waals surface area contributed by atoms with Gasteiger partial charge < -0.3 is 9.84 Å². The van der Waals surface area contributed by atoms with Crippen molar-refractivity contribution >= 4 is 17.7 Å². The molecule has 0 saturated heterocycles. The number of nitrogens with zero attached hydrogens (tertiary/aromatic N) is 2. The average Bonchev–Trinajstić information content (AvgIpc) is 2.49. The van der Waals surface area contributed by atoms with Crippen LogP contribution < -0.4 is 4.74 Å². The number of carbonyl (C=O) groups is 1. The van der Waals surface area contributed by atoms with Gasteiger partial charge in [-0.3, -0.25) is 4.79 Å². The number of carboxylic acids is 1. The lowest BCUT2D eigenvalue weighted by Gasteiger charge is -2.05. The van der Waals surface area contributed by atoms with Gasteiger partial charge in [0.05, 0.1) is 18.7 Å². The lowest BCUT2D eigenvalue weighted by molar-refractivity contribution is -0.136. The fourth-order valence-electron chi connectivity index (χ4n) is 1.68. The summed E-state index contributed by atoms with van der Waals surface area (Å²) < 4.78 is 5.39. The third kappa shape index (κ3) is 4.75. The van der Waals surface area contributed by atoms with Crippen molar-refractivity contribution in [1.29, 1.82) is 0 Å². The Labute approximate surface area is 127 Å². The summed E-state index contributed by atoms with van der Waals surface area (Å²) in [5.74, 6) is 0.517. The Bertz CT molecular complexity index is 585. The van der Waals surface area contributed by atoms with Crippen LogP contribution in [-0.4, -0.2) is 33.6 Å². The van der Waals surface area contributed by atoms with Gasteiger partial charge in [0.15, 0.2) is 0 Å². The first-order valence-electron chi connectivity index (χ1n) is 6.60. The number of aromatic nitrogens is 2. The van der Waals surface area contributed by atoms with E-state index in [0.29, 0.717) is 12.4 Å². The van der Waals surface area contributed by atoms with Crippen molar-refractivity contribution in [2.75, 3.05) is 12.4 Å². The summed E-state index contributed by atoms with van der Waals surface area (Å²) >= 11 is 1.39. The van der Waals surface area contributed by atoms with E-state index in [-0.39, 0.29) is 6.42 Å². The summed E-state index contributed by atoms with van der Waals surface area (Å²) in [5.41, 5.74) is 1.74. The van der Waals surface area contributed by atoms with Crippen molar-refractivity contribution in [2.45, 2.75) is 18.4 Å². The van der Waals surface area contributed by atoms with Crippen molar-refractivity contribution in [3.8, 4) is 17.0 Å². The van der Waals surface area contributed by atoms with Crippen LogP contribution in [0.2, 0.25) is 0 Å². The number of carboxylic acid groups (broad SMARTS) is 1. The molecule has 0 unspecified atom stereocenters. The molecule has 0 aliphatic heterocycles. The molecular formula is C15H16N2O3S. The molecule has 2 rings (SSSR count). The normalized spacial score (nSPS) is 10.3. The van der Waals surface area contributed by atoms with Crippen molar-refractivity contribution in [3.63, 3.8) is 0 Å². The van der Waals surface area contributed by atoms with E-state index in [9.17, 15) is 4.79 Å². The van der Waals surface area contributed by atoms with E-state index in [0.717, 1.165) is 22.0 Å². The summed E-state index contributed by atoms with van der Waals surface area (Å²) in [5, 5.41) is 17.6. The Morgan fingerprint density at radius 2 is 1.95 bits per heavy atom. The van der Waals surface area contributed by atoms with Crippen LogP contribution >= 0.6 is 11.8 Å². The number of thioether (sulfide) groups is 1. The maximum Gasteiger partial charge on any atom is 0.304 e. The van der Waals surface area contributed by atoms with E-state index >= 15 is 0 Å². The number of benzene rings is 1. The Morgan fingerprint density at radius 1 is 1.19 bits per heavy atom. The molecule has 0 amide bonds. The monoisotopic (exact) mass is 304 g/mol. The highest BCUT2D eigenvalue weighted by molar-refractivity contribution is 7.99. The molecule has 0 aliphatic carbocycles. The van der Waals surface area contributed by atoms with Crippen molar-refractivity contribution in [1.82, 2.24) is 10.2 Å². The molecule has 1 N–H and O–H groups in total. The van der Waals surface area contributed by atoms with Gasteiger partial charge in [0.25, 0.3) is 0 Å². The first kappa shape index (κ1) is 15.3. The predicted molar refractivity (Wildman–Crippen MR) is 81.6 cm³/mol. The fourth-order valence-corrected chi connectivity index (χ4v) is 2.43. The lowest BCUT2D eigenvalue weighted by Crippen LogP contribution is -1.97. The zero-order valence-electron chi connectivity index (χ0n) is 11.7. The Hall–Kier alpha value is -2.08. The van der Waals surface area contributed by atoms with E-state index in [2.05, 4.69) is 10.2 Å². The first-order valence-corrected chi connectivity index (χ1v) is 7.59. The Kier molecular flexibility index (Phi) is 5.57. The molecule has 0 spiro atoms. The van der Waals surface area contributed by atoms with Gasteiger partial charge >= 0.3 is 5.97 Å². The minimum absolute atomic E-state index is 0.118. The molecule has 0 saturated carbocycles. The van der Waals surface area contributed by atoms with Crippen molar-refractivity contribution in [3.05, 3.63) is 36.4 Å². The molecule has 1 aromatic carbocycles. The largest absolute Gasteiger partial charge is 0.494 e. The van der Waals surface area contributed by atoms with Crippen LogP contribution in [0.15, 0.2) is 41.4 Å². The number of rotatable bonds is 7. The summed E-state index contributed by atoms with van der Waals surface area (Å²) in [6.07, 6.45) is 0.118. The zero-order valence-corrected chi connectivity index (χ0v) is 12.5. The maximum absolute atomic E-state index is 10.4. The second-order valence-corrected chi connectivity index (χ2v) is 5.32. The molecule has 0 aliphatic rings. The SMILES string of the molecule is CCOc1ccc(-c2ccc(SCCC(=O)O)nn2)cc1. The van der Waals surface area contributed by atoms with E-state index in [1.54, 1.807) is 0 Å². The van der Waals surface area contributed by atoms with Gasteiger partial charge in [-0.1, -0.05) is 0 Å². The summed E-state index contributed by atoms with van der Waals surface area (Å²) in [6, 6.07) is 11.4. The van der Waals surface area contributed by atoms with E-state index in [4.69, 9.17) is 9.84 Å². The van der Waals surface area contributed by atoms with Gasteiger partial charge in [-0.05, 0) is 43.3 Å². The number of hydrogen-bond donors (Lipinski definition) is 1. The lowest BCUT2D eigenvalue weighted by atomic mass is 10.1. The summed E-state index contributed by atoms with van der Waals surface area (Å²) in [7, 11) is 0. The quantitative estimate of drug-likeness (QED) is 0.792. The highest BCUT2D eigenvalue weighted by Crippen LogP contribution is 2.22. The highest BCUT2D eigenvalue weighted by Gasteiger charge is 2.04. The van der Waals surface area contributed by atoms with E-state index < -0.39 is 5.97 Å². The molecule has 0 bridgehead atoms. The Balaban J connectivity index is 1.99. The molecule has 2 aromatic rings. The van der Waals surface area contributed by atoms with Crippen LogP contribution in [0.1, 0.15) is 13.3 Å². The maximum atomic E-state index is 10.4. The van der Waals surface area contributed by atoms with Crippen LogP contribution in [-0.2, 0) is 4.79 Å². The van der Waals surface area contributed by atoms with Gasteiger partial charge in [-0.2, -0.15) is 0 Å². The van der Waals surface area contributed by atoms with Crippen LogP contribution in [0.5, 0.6) is 5.75 Å². The Morgan fingerprint density at radius 3 is 2.52 bits per heavy atom. The fraction of sp³-hybridized carbons (Fsp3) is 0.267. The second kappa shape index (κ2) is 7.64. The van der Waals surface area contributed by atoms with Crippen LogP contribution in [0, 0.1) is 0 Å². The number of aliphatic carboxylic acids is 1. The van der Waals surface area contributed by atoms with Crippen LogP contribution in [0.25, 0.3) is 11.3 Å². The summed E-state index contributed by atoms with van der Waals surface area (Å²) in [6.45, 7) is 2.58. The van der Waals surface area contributed by atoms with Gasteiger partial charge in [0.1, 0.15) is 10.8 Å². The third-order valence-electron chi connectivity index (χ3n) is 2.67. The molecule has 6 heteroatoms. The van der Waals surface area contributed by atoms with Gasteiger partial charge in [-0.25, -0.2) is 0 Å². The number of ether oxygens (including phenoxy) is 1. The van der Waals surface area contributed by atoms with E-state index in [1.807, 2.05) is 43.3 Å². The average molecular weight is 304 g/mol. The molecule has 21 heavy (non-hydrogen) atoms. The minimum Gasteiger partial charge on any atom is -0.494 e. The zero-order chi connectivity index (χ0) is 15.1. The molecule has 5 nitrogen and oxygen atoms in total. The smallest absolute Gasteiger partial charge is 0.304 e. The van der Waals surface area contributed by atoms with E-state index in [1.165, 1.54) is 11.8 Å². The van der Waals surface area contributed by atoms with Gasteiger partial charge in [-0.15, -0.1) is 22.0 Å². The van der Waals surface area contributed by atoms with Gasteiger partial charge in [0, 0.05) is 11.3 Å².